The van der Waals surface area contributed by atoms with Crippen molar-refractivity contribution >= 4 is 10.8 Å². The molecule has 0 spiro atoms. The lowest BCUT2D eigenvalue weighted by atomic mass is 10.1. The minimum Gasteiger partial charge on any atom is -0.380 e. The number of hydrogen-bond acceptors (Lipinski definition) is 1. The average molecular weight is 264 g/mol. The highest BCUT2D eigenvalue weighted by molar-refractivity contribution is 5.82. The molecule has 0 aromatic heterocycles. The van der Waals surface area contributed by atoms with Crippen LogP contribution in [-0.4, -0.2) is 7.11 Å². The first-order valence-corrected chi connectivity index (χ1v) is 6.78. The minimum absolute atomic E-state index is 0.709. The maximum absolute atomic E-state index is 4.93. The normalized spacial score (nSPS) is 9.90. The molecule has 0 heterocycles. The first-order valence-electron chi connectivity index (χ1n) is 6.78. The fourth-order valence-corrected chi connectivity index (χ4v) is 2.05. The molecular formula is C19H20O. The Kier molecular flexibility index (Phi) is 5.33. The van der Waals surface area contributed by atoms with Gasteiger partial charge in [0.05, 0.1) is 6.61 Å². The van der Waals surface area contributed by atoms with E-state index in [1.165, 1.54) is 21.9 Å². The van der Waals surface area contributed by atoms with Crippen LogP contribution in [0.4, 0.5) is 0 Å². The Labute approximate surface area is 120 Å². The molecule has 0 N–H and O–H groups in total. The van der Waals surface area contributed by atoms with Crippen molar-refractivity contribution in [3.05, 3.63) is 83.9 Å². The van der Waals surface area contributed by atoms with Gasteiger partial charge in [0.1, 0.15) is 0 Å². The summed E-state index contributed by atoms with van der Waals surface area (Å²) in [5.74, 6) is 0. The summed E-state index contributed by atoms with van der Waals surface area (Å²) in [6, 6.07) is 25.0. The third-order valence-corrected chi connectivity index (χ3v) is 3.06. The second-order valence-electron chi connectivity index (χ2n) is 4.77. The van der Waals surface area contributed by atoms with Crippen molar-refractivity contribution in [1.82, 2.24) is 0 Å². The summed E-state index contributed by atoms with van der Waals surface area (Å²) in [6.45, 7) is 2.83. The Morgan fingerprint density at radius 1 is 0.750 bits per heavy atom. The molecule has 0 aliphatic carbocycles. The second kappa shape index (κ2) is 7.46. The monoisotopic (exact) mass is 264 g/mol. The van der Waals surface area contributed by atoms with Crippen molar-refractivity contribution in [2.24, 2.45) is 0 Å². The predicted octanol–water partition coefficient (Wildman–Crippen LogP) is 4.98. The van der Waals surface area contributed by atoms with E-state index in [4.69, 9.17) is 4.74 Å². The highest BCUT2D eigenvalue weighted by atomic mass is 16.5. The van der Waals surface area contributed by atoms with Crippen molar-refractivity contribution in [2.75, 3.05) is 7.11 Å². The van der Waals surface area contributed by atoms with Crippen LogP contribution in [-0.2, 0) is 11.3 Å². The number of ether oxygens (including phenoxy) is 1. The summed E-state index contributed by atoms with van der Waals surface area (Å²) in [6.07, 6.45) is 0. The predicted molar refractivity (Wildman–Crippen MR) is 85.8 cm³/mol. The zero-order chi connectivity index (χ0) is 14.2. The third kappa shape index (κ3) is 4.22. The number of fused-ring (bicyclic) bond motifs is 1. The van der Waals surface area contributed by atoms with Crippen LogP contribution in [0.3, 0.4) is 0 Å². The molecule has 0 amide bonds. The lowest BCUT2D eigenvalue weighted by Crippen LogP contribution is -1.84. The zero-order valence-corrected chi connectivity index (χ0v) is 12.0. The molecular weight excluding hydrogens is 244 g/mol. The summed E-state index contributed by atoms with van der Waals surface area (Å²) in [5.41, 5.74) is 2.55. The van der Waals surface area contributed by atoms with Gasteiger partial charge in [0.15, 0.2) is 0 Å². The molecule has 0 aliphatic rings. The van der Waals surface area contributed by atoms with E-state index in [2.05, 4.69) is 49.4 Å². The summed E-state index contributed by atoms with van der Waals surface area (Å²) in [5, 5.41) is 2.64. The van der Waals surface area contributed by atoms with Gasteiger partial charge in [-0.1, -0.05) is 78.4 Å². The standard InChI is InChI=1S/C11H10.C8H10O/c1-9-6-7-10-4-2-3-5-11(10)8-9;1-9-7-8-5-3-2-4-6-8/h2-8H,1H3;2-6H,7H2,1H3. The van der Waals surface area contributed by atoms with Gasteiger partial charge in [-0.15, -0.1) is 0 Å². The van der Waals surface area contributed by atoms with Gasteiger partial charge < -0.3 is 4.74 Å². The van der Waals surface area contributed by atoms with Crippen LogP contribution in [0.15, 0.2) is 72.8 Å². The molecule has 3 aromatic carbocycles. The van der Waals surface area contributed by atoms with Gasteiger partial charge in [-0.25, -0.2) is 0 Å². The van der Waals surface area contributed by atoms with E-state index < -0.39 is 0 Å². The van der Waals surface area contributed by atoms with Crippen molar-refractivity contribution in [1.29, 1.82) is 0 Å². The molecule has 3 rings (SSSR count). The molecule has 3 aromatic rings. The maximum atomic E-state index is 4.93. The highest BCUT2D eigenvalue weighted by Crippen LogP contribution is 2.14. The maximum Gasteiger partial charge on any atom is 0.0713 e. The molecule has 0 bridgehead atoms. The first-order chi connectivity index (χ1) is 9.79. The number of hydrogen-bond donors (Lipinski definition) is 0. The molecule has 0 unspecified atom stereocenters. The minimum atomic E-state index is 0.709. The summed E-state index contributed by atoms with van der Waals surface area (Å²) in [4.78, 5) is 0. The van der Waals surface area contributed by atoms with Crippen molar-refractivity contribution in [3.8, 4) is 0 Å². The molecule has 0 radical (unpaired) electrons. The van der Waals surface area contributed by atoms with Crippen LogP contribution in [0.5, 0.6) is 0 Å². The number of aryl methyl sites for hydroxylation is 1. The smallest absolute Gasteiger partial charge is 0.0713 e. The lowest BCUT2D eigenvalue weighted by Gasteiger charge is -1.96. The molecule has 0 atom stereocenters. The molecule has 0 saturated carbocycles. The quantitative estimate of drug-likeness (QED) is 0.634. The van der Waals surface area contributed by atoms with Crippen LogP contribution in [0.1, 0.15) is 11.1 Å². The Morgan fingerprint density at radius 2 is 1.40 bits per heavy atom. The molecule has 1 heteroatoms. The van der Waals surface area contributed by atoms with Crippen LogP contribution in [0, 0.1) is 6.92 Å². The van der Waals surface area contributed by atoms with E-state index in [0.29, 0.717) is 6.61 Å². The van der Waals surface area contributed by atoms with E-state index in [9.17, 15) is 0 Å². The Bertz CT molecular complexity index is 644. The number of methoxy groups -OCH3 is 1. The Hall–Kier alpha value is -2.12. The Balaban J connectivity index is 0.000000151. The van der Waals surface area contributed by atoms with Crippen molar-refractivity contribution < 1.29 is 4.74 Å². The molecule has 0 fully saturated rings. The number of benzene rings is 3. The summed E-state index contributed by atoms with van der Waals surface area (Å²) < 4.78 is 4.93. The molecule has 102 valence electrons. The molecule has 20 heavy (non-hydrogen) atoms. The van der Waals surface area contributed by atoms with Gasteiger partial charge in [0, 0.05) is 7.11 Å². The van der Waals surface area contributed by atoms with Gasteiger partial charge in [0.2, 0.25) is 0 Å². The SMILES string of the molecule is COCc1ccccc1.Cc1ccc2ccccc2c1. The highest BCUT2D eigenvalue weighted by Gasteiger charge is 1.89. The third-order valence-electron chi connectivity index (χ3n) is 3.06. The largest absolute Gasteiger partial charge is 0.380 e. The lowest BCUT2D eigenvalue weighted by molar-refractivity contribution is 0.185. The zero-order valence-electron chi connectivity index (χ0n) is 12.0. The van der Waals surface area contributed by atoms with Crippen LogP contribution >= 0.6 is 0 Å². The average Bonchev–Trinajstić information content (AvgIpc) is 2.49. The molecule has 0 saturated heterocycles. The summed E-state index contributed by atoms with van der Waals surface area (Å²) in [7, 11) is 1.70. The van der Waals surface area contributed by atoms with Crippen LogP contribution in [0.25, 0.3) is 10.8 Å². The fourth-order valence-electron chi connectivity index (χ4n) is 2.05. The molecule has 0 aliphatic heterocycles. The van der Waals surface area contributed by atoms with Crippen LogP contribution < -0.4 is 0 Å². The van der Waals surface area contributed by atoms with Gasteiger partial charge in [-0.3, -0.25) is 0 Å². The fraction of sp³-hybridized carbons (Fsp3) is 0.158. The van der Waals surface area contributed by atoms with E-state index in [1.54, 1.807) is 7.11 Å². The summed E-state index contributed by atoms with van der Waals surface area (Å²) >= 11 is 0. The van der Waals surface area contributed by atoms with Gasteiger partial charge >= 0.3 is 0 Å². The van der Waals surface area contributed by atoms with Crippen molar-refractivity contribution in [2.45, 2.75) is 13.5 Å². The van der Waals surface area contributed by atoms with E-state index in [1.807, 2.05) is 30.3 Å². The first kappa shape index (κ1) is 14.3. The van der Waals surface area contributed by atoms with E-state index in [-0.39, 0.29) is 0 Å². The number of rotatable bonds is 2. The van der Waals surface area contributed by atoms with E-state index in [0.717, 1.165) is 0 Å². The topological polar surface area (TPSA) is 9.23 Å². The second-order valence-corrected chi connectivity index (χ2v) is 4.77. The Morgan fingerprint density at radius 3 is 2.10 bits per heavy atom. The van der Waals surface area contributed by atoms with Gasteiger partial charge in [0.25, 0.3) is 0 Å². The van der Waals surface area contributed by atoms with E-state index >= 15 is 0 Å². The van der Waals surface area contributed by atoms with Gasteiger partial charge in [-0.2, -0.15) is 0 Å². The molecule has 1 nitrogen and oxygen atoms in total. The van der Waals surface area contributed by atoms with Gasteiger partial charge in [-0.05, 0) is 23.3 Å². The van der Waals surface area contributed by atoms with Crippen LogP contribution in [0.2, 0.25) is 0 Å². The van der Waals surface area contributed by atoms with Crippen molar-refractivity contribution in [3.63, 3.8) is 0 Å².